The topological polar surface area (TPSA) is 106 Å². The minimum atomic E-state index is -0.454. The monoisotopic (exact) mass is 316 g/mol. The van der Waals surface area contributed by atoms with Crippen LogP contribution in [-0.2, 0) is 4.79 Å². The molecule has 2 N–H and O–H groups in total. The molecular formula is C15H16N4O4. The molecule has 0 aliphatic heterocycles. The summed E-state index contributed by atoms with van der Waals surface area (Å²) in [7, 11) is 1.61. The van der Waals surface area contributed by atoms with Gasteiger partial charge in [-0.15, -0.1) is 0 Å². The van der Waals surface area contributed by atoms with Crippen LogP contribution in [0.4, 0.5) is 17.2 Å². The molecule has 0 aliphatic carbocycles. The Bertz CT molecular complexity index is 761. The number of hydrogen-bond acceptors (Lipinski definition) is 6. The van der Waals surface area contributed by atoms with E-state index in [4.69, 9.17) is 4.74 Å². The zero-order valence-electron chi connectivity index (χ0n) is 12.9. The van der Waals surface area contributed by atoms with Crippen LogP contribution in [0.25, 0.3) is 0 Å². The molecule has 8 nitrogen and oxygen atoms in total. The minimum absolute atomic E-state index is 0.0222. The van der Waals surface area contributed by atoms with E-state index >= 15 is 0 Å². The summed E-state index contributed by atoms with van der Waals surface area (Å²) < 4.78 is 5.75. The third-order valence-electron chi connectivity index (χ3n) is 3.10. The molecule has 8 heteroatoms. The third kappa shape index (κ3) is 3.73. The van der Waals surface area contributed by atoms with Crippen molar-refractivity contribution in [1.82, 2.24) is 4.98 Å². The number of carbonyl (C=O) groups is 1. The molecule has 0 atom stereocenters. The summed E-state index contributed by atoms with van der Waals surface area (Å²) in [5.74, 6) is 1.06. The minimum Gasteiger partial charge on any atom is -0.457 e. The van der Waals surface area contributed by atoms with Crippen molar-refractivity contribution in [2.24, 2.45) is 0 Å². The number of benzene rings is 1. The number of hydrogen-bond donors (Lipinski definition) is 2. The van der Waals surface area contributed by atoms with Crippen molar-refractivity contribution < 1.29 is 14.5 Å². The average Bonchev–Trinajstić information content (AvgIpc) is 2.48. The van der Waals surface area contributed by atoms with Crippen molar-refractivity contribution in [3.8, 4) is 11.5 Å². The lowest BCUT2D eigenvalue weighted by Gasteiger charge is -2.13. The van der Waals surface area contributed by atoms with Crippen LogP contribution in [-0.4, -0.2) is 22.9 Å². The summed E-state index contributed by atoms with van der Waals surface area (Å²) >= 11 is 0. The van der Waals surface area contributed by atoms with Gasteiger partial charge in [-0.1, -0.05) is 0 Å². The molecule has 0 bridgehead atoms. The third-order valence-corrected chi connectivity index (χ3v) is 3.10. The lowest BCUT2D eigenvalue weighted by Crippen LogP contribution is -2.07. The number of amides is 1. The van der Waals surface area contributed by atoms with Crippen LogP contribution in [0.5, 0.6) is 11.5 Å². The number of nitro benzene ring substituents is 1. The van der Waals surface area contributed by atoms with Crippen molar-refractivity contribution >= 4 is 23.1 Å². The predicted octanol–water partition coefficient (Wildman–Crippen LogP) is 3.09. The quantitative estimate of drug-likeness (QED) is 0.648. The van der Waals surface area contributed by atoms with E-state index in [9.17, 15) is 14.9 Å². The first-order chi connectivity index (χ1) is 10.9. The van der Waals surface area contributed by atoms with Crippen LogP contribution in [0, 0.1) is 17.0 Å². The SMILES string of the molecule is CNc1c([N+](=O)[O-])ccc(Oc2ccnc(NC(C)=O)c2)c1C. The second-order valence-electron chi connectivity index (χ2n) is 4.75. The Morgan fingerprint density at radius 2 is 2.09 bits per heavy atom. The Balaban J connectivity index is 2.34. The van der Waals surface area contributed by atoms with E-state index < -0.39 is 4.92 Å². The molecule has 0 saturated carbocycles. The number of anilines is 2. The molecule has 1 aromatic carbocycles. The lowest BCUT2D eigenvalue weighted by atomic mass is 10.1. The van der Waals surface area contributed by atoms with Gasteiger partial charge in [0.05, 0.1) is 4.92 Å². The highest BCUT2D eigenvalue weighted by Crippen LogP contribution is 2.36. The number of carbonyl (C=O) groups excluding carboxylic acids is 1. The first-order valence-electron chi connectivity index (χ1n) is 6.79. The molecule has 0 saturated heterocycles. The summed E-state index contributed by atoms with van der Waals surface area (Å²) in [5.41, 5.74) is 0.981. The Morgan fingerprint density at radius 3 is 2.70 bits per heavy atom. The number of pyridine rings is 1. The fourth-order valence-electron chi connectivity index (χ4n) is 2.11. The van der Waals surface area contributed by atoms with Gasteiger partial charge in [0.15, 0.2) is 0 Å². The molecule has 1 amide bonds. The van der Waals surface area contributed by atoms with E-state index in [-0.39, 0.29) is 11.6 Å². The second kappa shape index (κ2) is 6.73. The van der Waals surface area contributed by atoms with Crippen molar-refractivity contribution in [2.75, 3.05) is 17.7 Å². The zero-order chi connectivity index (χ0) is 17.0. The normalized spacial score (nSPS) is 10.0. The summed E-state index contributed by atoms with van der Waals surface area (Å²) in [4.78, 5) is 25.6. The average molecular weight is 316 g/mol. The van der Waals surface area contributed by atoms with Crippen LogP contribution < -0.4 is 15.4 Å². The van der Waals surface area contributed by atoms with Crippen LogP contribution in [0.3, 0.4) is 0 Å². The summed E-state index contributed by atoms with van der Waals surface area (Å²) in [6, 6.07) is 6.11. The standard InChI is InChI=1S/C15H16N4O4/c1-9-13(5-4-12(19(21)22)15(9)16-3)23-11-6-7-17-14(8-11)18-10(2)20/h4-8,16H,1-3H3,(H,17,18,20). The summed E-state index contributed by atoms with van der Waals surface area (Å²) in [6.45, 7) is 3.11. The fraction of sp³-hybridized carbons (Fsp3) is 0.200. The van der Waals surface area contributed by atoms with Crippen LogP contribution in [0.1, 0.15) is 12.5 Å². The first-order valence-corrected chi connectivity index (χ1v) is 6.79. The number of rotatable bonds is 5. The Labute approximate surface area is 132 Å². The van der Waals surface area contributed by atoms with Crippen molar-refractivity contribution in [3.05, 3.63) is 46.1 Å². The molecule has 0 fully saturated rings. The number of nitrogens with one attached hydrogen (secondary N) is 2. The number of ether oxygens (including phenoxy) is 1. The number of nitro groups is 1. The van der Waals surface area contributed by atoms with Gasteiger partial charge >= 0.3 is 0 Å². The highest BCUT2D eigenvalue weighted by Gasteiger charge is 2.18. The van der Waals surface area contributed by atoms with Gasteiger partial charge in [0, 0.05) is 37.9 Å². The van der Waals surface area contributed by atoms with E-state index in [1.54, 1.807) is 26.1 Å². The van der Waals surface area contributed by atoms with Crippen LogP contribution in [0.15, 0.2) is 30.5 Å². The predicted molar refractivity (Wildman–Crippen MR) is 86.0 cm³/mol. The highest BCUT2D eigenvalue weighted by atomic mass is 16.6. The maximum absolute atomic E-state index is 11.1. The Morgan fingerprint density at radius 1 is 1.35 bits per heavy atom. The van der Waals surface area contributed by atoms with Crippen molar-refractivity contribution in [1.29, 1.82) is 0 Å². The maximum atomic E-state index is 11.1. The Hall–Kier alpha value is -3.16. The molecule has 0 unspecified atom stereocenters. The smallest absolute Gasteiger partial charge is 0.292 e. The zero-order valence-corrected chi connectivity index (χ0v) is 12.9. The van der Waals surface area contributed by atoms with Gasteiger partial charge in [0.25, 0.3) is 5.69 Å². The number of nitrogens with zero attached hydrogens (tertiary/aromatic N) is 2. The van der Waals surface area contributed by atoms with E-state index in [0.29, 0.717) is 28.6 Å². The molecule has 2 rings (SSSR count). The van der Waals surface area contributed by atoms with Gasteiger partial charge in [-0.3, -0.25) is 14.9 Å². The molecular weight excluding hydrogens is 300 g/mol. The van der Waals surface area contributed by atoms with E-state index in [2.05, 4.69) is 15.6 Å². The maximum Gasteiger partial charge on any atom is 0.292 e. The van der Waals surface area contributed by atoms with Crippen LogP contribution in [0.2, 0.25) is 0 Å². The second-order valence-corrected chi connectivity index (χ2v) is 4.75. The molecule has 0 radical (unpaired) electrons. The lowest BCUT2D eigenvalue weighted by molar-refractivity contribution is -0.384. The Kier molecular flexibility index (Phi) is 4.75. The largest absolute Gasteiger partial charge is 0.457 e. The molecule has 2 aromatic rings. The van der Waals surface area contributed by atoms with Crippen molar-refractivity contribution in [3.63, 3.8) is 0 Å². The molecule has 0 aliphatic rings. The van der Waals surface area contributed by atoms with E-state index in [1.807, 2.05) is 0 Å². The molecule has 23 heavy (non-hydrogen) atoms. The van der Waals surface area contributed by atoms with Gasteiger partial charge in [-0.25, -0.2) is 4.98 Å². The van der Waals surface area contributed by atoms with Gasteiger partial charge in [0.2, 0.25) is 5.91 Å². The first kappa shape index (κ1) is 16.2. The molecule has 120 valence electrons. The van der Waals surface area contributed by atoms with Crippen LogP contribution >= 0.6 is 0 Å². The molecule has 1 heterocycles. The molecule has 1 aromatic heterocycles. The number of aromatic nitrogens is 1. The van der Waals surface area contributed by atoms with E-state index in [0.717, 1.165) is 0 Å². The van der Waals surface area contributed by atoms with Gasteiger partial charge in [-0.2, -0.15) is 0 Å². The summed E-state index contributed by atoms with van der Waals surface area (Å²) in [6.07, 6.45) is 1.50. The van der Waals surface area contributed by atoms with E-state index in [1.165, 1.54) is 25.3 Å². The fourth-order valence-corrected chi connectivity index (χ4v) is 2.11. The van der Waals surface area contributed by atoms with Gasteiger partial charge in [-0.05, 0) is 19.1 Å². The van der Waals surface area contributed by atoms with Gasteiger partial charge in [0.1, 0.15) is 23.0 Å². The molecule has 0 spiro atoms. The van der Waals surface area contributed by atoms with Gasteiger partial charge < -0.3 is 15.4 Å². The highest BCUT2D eigenvalue weighted by molar-refractivity contribution is 5.87. The summed E-state index contributed by atoms with van der Waals surface area (Å²) in [5, 5.41) is 16.4. The van der Waals surface area contributed by atoms with Crippen molar-refractivity contribution in [2.45, 2.75) is 13.8 Å².